The van der Waals surface area contributed by atoms with Gasteiger partial charge in [-0.2, -0.15) is 0 Å². The van der Waals surface area contributed by atoms with E-state index in [-0.39, 0.29) is 17.9 Å². The van der Waals surface area contributed by atoms with E-state index in [1.165, 1.54) is 6.92 Å². The third-order valence-corrected chi connectivity index (χ3v) is 3.92. The molecule has 0 radical (unpaired) electrons. The highest BCUT2D eigenvalue weighted by atomic mass is 16.5. The fourth-order valence-electron chi connectivity index (χ4n) is 2.78. The van der Waals surface area contributed by atoms with Crippen LogP contribution in [0.15, 0.2) is 35.3 Å². The average Bonchev–Trinajstić information content (AvgIpc) is 2.90. The van der Waals surface area contributed by atoms with E-state index in [2.05, 4.69) is 10.6 Å². The Morgan fingerprint density at radius 2 is 2.13 bits per heavy atom. The second-order valence-electron chi connectivity index (χ2n) is 5.65. The van der Waals surface area contributed by atoms with Gasteiger partial charge < -0.3 is 20.3 Å². The van der Waals surface area contributed by atoms with Crippen LogP contribution in [0.2, 0.25) is 0 Å². The molecule has 2 aliphatic rings. The van der Waals surface area contributed by atoms with Gasteiger partial charge >= 0.3 is 0 Å². The summed E-state index contributed by atoms with van der Waals surface area (Å²) in [6, 6.07) is -0.332. The lowest BCUT2D eigenvalue weighted by molar-refractivity contribution is -0.123. The minimum atomic E-state index is -0.332. The van der Waals surface area contributed by atoms with E-state index < -0.39 is 0 Å². The number of amides is 2. The summed E-state index contributed by atoms with van der Waals surface area (Å²) < 4.78 is 5.31. The van der Waals surface area contributed by atoms with Crippen molar-refractivity contribution in [2.45, 2.75) is 32.7 Å². The normalized spacial score (nSPS) is 19.3. The zero-order chi connectivity index (χ0) is 16.8. The van der Waals surface area contributed by atoms with E-state index in [1.807, 2.05) is 30.1 Å². The zero-order valence-corrected chi connectivity index (χ0v) is 14.0. The van der Waals surface area contributed by atoms with Crippen LogP contribution in [0.5, 0.6) is 0 Å². The molecule has 0 saturated heterocycles. The van der Waals surface area contributed by atoms with E-state index in [9.17, 15) is 9.59 Å². The van der Waals surface area contributed by atoms with Gasteiger partial charge in [0.2, 0.25) is 11.8 Å². The number of ether oxygens (including phenoxy) is 1. The van der Waals surface area contributed by atoms with Gasteiger partial charge in [-0.3, -0.25) is 9.59 Å². The molecule has 0 aromatic heterocycles. The van der Waals surface area contributed by atoms with Crippen molar-refractivity contribution in [2.75, 3.05) is 26.7 Å². The summed E-state index contributed by atoms with van der Waals surface area (Å²) in [6.07, 6.45) is 7.62. The molecule has 1 aliphatic heterocycles. The molecule has 0 bridgehead atoms. The first-order valence-electron chi connectivity index (χ1n) is 8.02. The number of nitrogens with one attached hydrogen (secondary N) is 2. The third kappa shape index (κ3) is 4.15. The van der Waals surface area contributed by atoms with Gasteiger partial charge in [0.25, 0.3) is 0 Å². The standard InChI is InChI=1S/C17H25N3O3/c1-4-7-19-17(22)16-10-13-5-6-14(23-3)11-15(13)20(16)9-8-18-12(2)21/h6,10-11,16H,4-5,7-9H2,1-3H3,(H,18,21)(H,19,22). The molecule has 23 heavy (non-hydrogen) atoms. The Hall–Kier alpha value is -2.24. The van der Waals surface area contributed by atoms with Crippen LogP contribution in [-0.2, 0) is 14.3 Å². The molecule has 0 aromatic carbocycles. The van der Waals surface area contributed by atoms with E-state index in [0.717, 1.165) is 29.9 Å². The second-order valence-corrected chi connectivity index (χ2v) is 5.65. The van der Waals surface area contributed by atoms with Crippen LogP contribution in [0, 0.1) is 0 Å². The van der Waals surface area contributed by atoms with Crippen molar-refractivity contribution in [3.8, 4) is 0 Å². The highest BCUT2D eigenvalue weighted by Crippen LogP contribution is 2.34. The quantitative estimate of drug-likeness (QED) is 0.736. The fourth-order valence-corrected chi connectivity index (χ4v) is 2.78. The molecule has 2 amide bonds. The Labute approximate surface area is 137 Å². The van der Waals surface area contributed by atoms with Crippen LogP contribution in [-0.4, -0.2) is 49.5 Å². The molecule has 6 nitrogen and oxygen atoms in total. The second kappa shape index (κ2) is 7.85. The number of carbonyl (C=O) groups is 2. The highest BCUT2D eigenvalue weighted by Gasteiger charge is 2.34. The first-order chi connectivity index (χ1) is 11.1. The Bertz CT molecular complexity index is 563. The Morgan fingerprint density at radius 3 is 2.78 bits per heavy atom. The molecule has 0 aromatic rings. The van der Waals surface area contributed by atoms with Crippen molar-refractivity contribution >= 4 is 11.8 Å². The predicted molar refractivity (Wildman–Crippen MR) is 88.4 cm³/mol. The van der Waals surface area contributed by atoms with Crippen molar-refractivity contribution in [1.82, 2.24) is 15.5 Å². The van der Waals surface area contributed by atoms with Gasteiger partial charge in [0.05, 0.1) is 7.11 Å². The van der Waals surface area contributed by atoms with Gasteiger partial charge in [0.15, 0.2) is 0 Å². The molecule has 1 aliphatic carbocycles. The molecule has 1 unspecified atom stereocenters. The van der Waals surface area contributed by atoms with Gasteiger partial charge in [-0.15, -0.1) is 0 Å². The SMILES string of the molecule is CCCNC(=O)C1C=C2CC=C(OC)C=C2N1CCNC(C)=O. The Balaban J connectivity index is 2.15. The molecule has 126 valence electrons. The molecular formula is C17H25N3O3. The lowest BCUT2D eigenvalue weighted by Crippen LogP contribution is -2.45. The van der Waals surface area contributed by atoms with Crippen LogP contribution in [0.25, 0.3) is 0 Å². The molecule has 0 spiro atoms. The largest absolute Gasteiger partial charge is 0.497 e. The lowest BCUT2D eigenvalue weighted by Gasteiger charge is -2.29. The summed E-state index contributed by atoms with van der Waals surface area (Å²) >= 11 is 0. The summed E-state index contributed by atoms with van der Waals surface area (Å²) in [5, 5.41) is 5.74. The van der Waals surface area contributed by atoms with Gasteiger partial charge in [-0.1, -0.05) is 6.92 Å². The Kier molecular flexibility index (Phi) is 5.84. The number of nitrogens with zero attached hydrogens (tertiary/aromatic N) is 1. The van der Waals surface area contributed by atoms with Gasteiger partial charge in [-0.25, -0.2) is 0 Å². The van der Waals surface area contributed by atoms with Crippen LogP contribution in [0.4, 0.5) is 0 Å². The number of methoxy groups -OCH3 is 1. The monoisotopic (exact) mass is 319 g/mol. The summed E-state index contributed by atoms with van der Waals surface area (Å²) in [5.74, 6) is 0.729. The number of carbonyl (C=O) groups excluding carboxylic acids is 2. The van der Waals surface area contributed by atoms with Crippen LogP contribution < -0.4 is 10.6 Å². The molecule has 2 N–H and O–H groups in total. The Morgan fingerprint density at radius 1 is 1.35 bits per heavy atom. The average molecular weight is 319 g/mol. The van der Waals surface area contributed by atoms with Crippen LogP contribution in [0.3, 0.4) is 0 Å². The van der Waals surface area contributed by atoms with Gasteiger partial charge in [0, 0.05) is 38.3 Å². The minimum absolute atomic E-state index is 0.00329. The zero-order valence-electron chi connectivity index (χ0n) is 14.0. The maximum Gasteiger partial charge on any atom is 0.246 e. The number of hydrogen-bond acceptors (Lipinski definition) is 4. The third-order valence-electron chi connectivity index (χ3n) is 3.92. The molecule has 6 heteroatoms. The topological polar surface area (TPSA) is 70.7 Å². The van der Waals surface area contributed by atoms with Crippen molar-refractivity contribution in [1.29, 1.82) is 0 Å². The van der Waals surface area contributed by atoms with Crippen molar-refractivity contribution in [2.24, 2.45) is 0 Å². The molecule has 1 atom stereocenters. The van der Waals surface area contributed by atoms with E-state index in [4.69, 9.17) is 4.74 Å². The summed E-state index contributed by atoms with van der Waals surface area (Å²) in [6.45, 7) is 5.26. The maximum atomic E-state index is 12.4. The molecule has 2 rings (SSSR count). The number of rotatable bonds is 7. The number of fused-ring (bicyclic) bond motifs is 1. The molecule has 0 fully saturated rings. The van der Waals surface area contributed by atoms with Crippen molar-refractivity contribution in [3.05, 3.63) is 35.3 Å². The van der Waals surface area contributed by atoms with Crippen LogP contribution in [0.1, 0.15) is 26.7 Å². The summed E-state index contributed by atoms with van der Waals surface area (Å²) in [7, 11) is 1.64. The van der Waals surface area contributed by atoms with E-state index >= 15 is 0 Å². The first-order valence-corrected chi connectivity index (χ1v) is 8.02. The lowest BCUT2D eigenvalue weighted by atomic mass is 10.0. The maximum absolute atomic E-state index is 12.4. The van der Waals surface area contributed by atoms with Gasteiger partial charge in [-0.05, 0) is 30.6 Å². The highest BCUT2D eigenvalue weighted by molar-refractivity contribution is 5.85. The predicted octanol–water partition coefficient (Wildman–Crippen LogP) is 1.08. The van der Waals surface area contributed by atoms with Crippen molar-refractivity contribution < 1.29 is 14.3 Å². The van der Waals surface area contributed by atoms with E-state index in [0.29, 0.717) is 19.6 Å². The van der Waals surface area contributed by atoms with Crippen molar-refractivity contribution in [3.63, 3.8) is 0 Å². The minimum Gasteiger partial charge on any atom is -0.497 e. The fraction of sp³-hybridized carbons (Fsp3) is 0.529. The first kappa shape index (κ1) is 17.1. The number of hydrogen-bond donors (Lipinski definition) is 2. The van der Waals surface area contributed by atoms with Crippen LogP contribution >= 0.6 is 0 Å². The number of allylic oxidation sites excluding steroid dienone is 3. The molecule has 0 saturated carbocycles. The molecular weight excluding hydrogens is 294 g/mol. The van der Waals surface area contributed by atoms with Gasteiger partial charge in [0.1, 0.15) is 11.8 Å². The summed E-state index contributed by atoms with van der Waals surface area (Å²) in [4.78, 5) is 25.6. The van der Waals surface area contributed by atoms with E-state index in [1.54, 1.807) is 7.11 Å². The smallest absolute Gasteiger partial charge is 0.246 e. The summed E-state index contributed by atoms with van der Waals surface area (Å²) in [5.41, 5.74) is 2.14. The molecule has 1 heterocycles.